The Morgan fingerprint density at radius 3 is 1.76 bits per heavy atom. The molecule has 7 heteroatoms. The molecule has 0 fully saturated rings. The second-order valence-corrected chi connectivity index (χ2v) is 9.05. The number of carbonyl (C=O) groups is 2. The van der Waals surface area contributed by atoms with Gasteiger partial charge in [-0.1, -0.05) is 92.9 Å². The van der Waals surface area contributed by atoms with Crippen molar-refractivity contribution < 1.29 is 9.59 Å². The number of hydrogen-bond donors (Lipinski definition) is 0. The Labute approximate surface area is 204 Å². The Morgan fingerprint density at radius 1 is 0.794 bits per heavy atom. The minimum absolute atomic E-state index is 0.00439. The van der Waals surface area contributed by atoms with Crippen LogP contribution in [0.25, 0.3) is 10.4 Å². The number of azide groups is 1. The Balaban J connectivity index is 1.42. The summed E-state index contributed by atoms with van der Waals surface area (Å²) in [7, 11) is 3.74. The number of carbonyl (C=O) groups excluding carboxylic acids is 2. The summed E-state index contributed by atoms with van der Waals surface area (Å²) >= 11 is 0. The lowest BCUT2D eigenvalue weighted by atomic mass is 10.1. The predicted octanol–water partition coefficient (Wildman–Crippen LogP) is 6.80. The molecule has 1 aromatic rings. The molecule has 184 valence electrons. The zero-order valence-electron chi connectivity index (χ0n) is 20.7. The predicted molar refractivity (Wildman–Crippen MR) is 138 cm³/mol. The van der Waals surface area contributed by atoms with Crippen molar-refractivity contribution in [3.05, 3.63) is 64.6 Å². The molecule has 2 amide bonds. The fraction of sp³-hybridized carbons (Fsp3) is 0.556. The van der Waals surface area contributed by atoms with Crippen molar-refractivity contribution in [3.8, 4) is 0 Å². The summed E-state index contributed by atoms with van der Waals surface area (Å²) in [6.45, 7) is 1.59. The van der Waals surface area contributed by atoms with E-state index in [1.54, 1.807) is 29.2 Å². The monoisotopic (exact) mass is 465 g/mol. The molecule has 0 atom stereocenters. The van der Waals surface area contributed by atoms with Crippen LogP contribution in [-0.4, -0.2) is 48.8 Å². The molecule has 2 rings (SSSR count). The molecule has 1 aromatic carbocycles. The lowest BCUT2D eigenvalue weighted by molar-refractivity contribution is -0.131. The zero-order chi connectivity index (χ0) is 24.6. The summed E-state index contributed by atoms with van der Waals surface area (Å²) in [4.78, 5) is 31.0. The third kappa shape index (κ3) is 9.84. The van der Waals surface area contributed by atoms with Crippen molar-refractivity contribution in [1.82, 2.24) is 9.80 Å². The molecule has 1 aliphatic carbocycles. The Hall–Kier alpha value is -3.05. The second-order valence-electron chi connectivity index (χ2n) is 9.05. The average molecular weight is 466 g/mol. The summed E-state index contributed by atoms with van der Waals surface area (Å²) in [5, 5.41) is 3.53. The maximum absolute atomic E-state index is 12.5. The number of benzene rings is 1. The highest BCUT2D eigenvalue weighted by molar-refractivity contribution is 5.94. The summed E-state index contributed by atoms with van der Waals surface area (Å²) < 4.78 is 0. The number of rotatable bonds is 16. The molecular formula is C27H39N5O2. The van der Waals surface area contributed by atoms with E-state index in [9.17, 15) is 9.59 Å². The van der Waals surface area contributed by atoms with Crippen LogP contribution in [0, 0.1) is 5.92 Å². The van der Waals surface area contributed by atoms with Crippen molar-refractivity contribution >= 4 is 17.5 Å². The summed E-state index contributed by atoms with van der Waals surface area (Å²) in [5.74, 6) is 0.131. The molecule has 0 saturated heterocycles. The number of amides is 2. The van der Waals surface area contributed by atoms with Gasteiger partial charge in [-0.3, -0.25) is 9.59 Å². The standard InChI is InChI=1S/C27H39N5O2/c1-31(26(33)23-15-11-12-16-23)21-13-9-7-5-3-4-6-8-10-14-22-32(2)27(34)24-17-19-25(20-18-24)29-30-28/h11-12,15-20,23H,3-10,13-14,21-22H2,1-2H3. The molecule has 0 heterocycles. The molecule has 34 heavy (non-hydrogen) atoms. The lowest BCUT2D eigenvalue weighted by Crippen LogP contribution is -2.31. The van der Waals surface area contributed by atoms with E-state index < -0.39 is 0 Å². The number of nitrogens with zero attached hydrogens (tertiary/aromatic N) is 5. The van der Waals surface area contributed by atoms with E-state index in [0.717, 1.165) is 32.4 Å². The normalized spacial score (nSPS) is 12.5. The van der Waals surface area contributed by atoms with Gasteiger partial charge in [0, 0.05) is 43.3 Å². The minimum Gasteiger partial charge on any atom is -0.345 e. The van der Waals surface area contributed by atoms with Gasteiger partial charge in [0.05, 0.1) is 5.92 Å². The number of hydrogen-bond acceptors (Lipinski definition) is 3. The van der Waals surface area contributed by atoms with Gasteiger partial charge in [0.25, 0.3) is 5.91 Å². The van der Waals surface area contributed by atoms with E-state index in [2.05, 4.69) is 10.0 Å². The summed E-state index contributed by atoms with van der Waals surface area (Å²) in [6.07, 6.45) is 19.7. The van der Waals surface area contributed by atoms with Crippen molar-refractivity contribution in [2.45, 2.75) is 64.2 Å². The smallest absolute Gasteiger partial charge is 0.253 e. The third-order valence-corrected chi connectivity index (χ3v) is 6.27. The first-order valence-electron chi connectivity index (χ1n) is 12.5. The molecular weight excluding hydrogens is 426 g/mol. The first-order valence-corrected chi connectivity index (χ1v) is 12.5. The topological polar surface area (TPSA) is 89.4 Å². The van der Waals surface area contributed by atoms with Crippen LogP contribution in [0.15, 0.2) is 53.7 Å². The Kier molecular flexibility index (Phi) is 12.6. The van der Waals surface area contributed by atoms with Crippen LogP contribution in [0.1, 0.15) is 74.6 Å². The molecule has 0 aromatic heterocycles. The first-order chi connectivity index (χ1) is 16.5. The van der Waals surface area contributed by atoms with E-state index in [4.69, 9.17) is 5.53 Å². The van der Waals surface area contributed by atoms with Gasteiger partial charge in [0.1, 0.15) is 0 Å². The molecule has 0 saturated carbocycles. The highest BCUT2D eigenvalue weighted by Crippen LogP contribution is 2.16. The fourth-order valence-corrected chi connectivity index (χ4v) is 4.12. The molecule has 0 aliphatic heterocycles. The quantitative estimate of drug-likeness (QED) is 0.116. The van der Waals surface area contributed by atoms with Crippen LogP contribution in [0.3, 0.4) is 0 Å². The SMILES string of the molecule is CN(CCCCCCCCCCCCN(C)C(=O)C1C=CC=C1)C(=O)c1ccc(N=[N+]=[N-])cc1. The second kappa shape index (κ2) is 15.7. The largest absolute Gasteiger partial charge is 0.345 e. The minimum atomic E-state index is -0.0605. The van der Waals surface area contributed by atoms with Gasteiger partial charge in [0.15, 0.2) is 0 Å². The van der Waals surface area contributed by atoms with Crippen molar-refractivity contribution in [2.24, 2.45) is 11.0 Å². The van der Waals surface area contributed by atoms with Gasteiger partial charge in [-0.25, -0.2) is 0 Å². The maximum Gasteiger partial charge on any atom is 0.253 e. The average Bonchev–Trinajstić information content (AvgIpc) is 3.39. The molecule has 7 nitrogen and oxygen atoms in total. The number of unbranched alkanes of at least 4 members (excludes halogenated alkanes) is 9. The van der Waals surface area contributed by atoms with Gasteiger partial charge in [0.2, 0.25) is 5.91 Å². The van der Waals surface area contributed by atoms with Crippen molar-refractivity contribution in [2.75, 3.05) is 27.2 Å². The molecule has 1 aliphatic rings. The Bertz CT molecular complexity index is 860. The molecule has 0 bridgehead atoms. The highest BCUT2D eigenvalue weighted by atomic mass is 16.2. The summed E-state index contributed by atoms with van der Waals surface area (Å²) in [6, 6.07) is 6.72. The maximum atomic E-state index is 12.5. The highest BCUT2D eigenvalue weighted by Gasteiger charge is 2.17. The van der Waals surface area contributed by atoms with Gasteiger partial charge < -0.3 is 9.80 Å². The molecule has 0 unspecified atom stereocenters. The summed E-state index contributed by atoms with van der Waals surface area (Å²) in [5.41, 5.74) is 9.57. The van der Waals surface area contributed by atoms with Gasteiger partial charge in [-0.2, -0.15) is 0 Å². The number of allylic oxidation sites excluding steroid dienone is 2. The van der Waals surface area contributed by atoms with Gasteiger partial charge in [-0.15, -0.1) is 0 Å². The molecule has 0 N–H and O–H groups in total. The van der Waals surface area contributed by atoms with E-state index in [0.29, 0.717) is 11.3 Å². The van der Waals surface area contributed by atoms with Crippen molar-refractivity contribution in [1.29, 1.82) is 0 Å². The van der Waals surface area contributed by atoms with Crippen LogP contribution in [0.4, 0.5) is 5.69 Å². The first kappa shape index (κ1) is 27.2. The molecule has 0 radical (unpaired) electrons. The van der Waals surface area contributed by atoms with E-state index >= 15 is 0 Å². The molecule has 0 spiro atoms. The van der Waals surface area contributed by atoms with Crippen LogP contribution in [-0.2, 0) is 4.79 Å². The van der Waals surface area contributed by atoms with E-state index in [1.807, 2.05) is 43.3 Å². The van der Waals surface area contributed by atoms with Crippen LogP contribution < -0.4 is 0 Å². The van der Waals surface area contributed by atoms with Crippen molar-refractivity contribution in [3.63, 3.8) is 0 Å². The Morgan fingerprint density at radius 2 is 1.26 bits per heavy atom. The fourth-order valence-electron chi connectivity index (χ4n) is 4.12. The van der Waals surface area contributed by atoms with Crippen LogP contribution in [0.2, 0.25) is 0 Å². The third-order valence-electron chi connectivity index (χ3n) is 6.27. The zero-order valence-corrected chi connectivity index (χ0v) is 20.7. The van der Waals surface area contributed by atoms with Gasteiger partial charge >= 0.3 is 0 Å². The van der Waals surface area contributed by atoms with Crippen LogP contribution >= 0.6 is 0 Å². The lowest BCUT2D eigenvalue weighted by Gasteiger charge is -2.19. The van der Waals surface area contributed by atoms with Crippen LogP contribution in [0.5, 0.6) is 0 Å². The van der Waals surface area contributed by atoms with Gasteiger partial charge in [-0.05, 0) is 30.5 Å². The van der Waals surface area contributed by atoms with E-state index in [1.165, 1.54) is 44.9 Å². The van der Waals surface area contributed by atoms with E-state index in [-0.39, 0.29) is 17.7 Å².